The summed E-state index contributed by atoms with van der Waals surface area (Å²) in [5, 5.41) is 3.44. The summed E-state index contributed by atoms with van der Waals surface area (Å²) in [6.45, 7) is 9.76. The van der Waals surface area contributed by atoms with Crippen LogP contribution in [0.5, 0.6) is 0 Å². The summed E-state index contributed by atoms with van der Waals surface area (Å²) in [4.78, 5) is 18.5. The van der Waals surface area contributed by atoms with Gasteiger partial charge >= 0.3 is 5.97 Å². The number of carbonyl (C=O) groups is 1. The van der Waals surface area contributed by atoms with Crippen LogP contribution in [0.25, 0.3) is 0 Å². The van der Waals surface area contributed by atoms with Crippen molar-refractivity contribution in [3.05, 3.63) is 0 Å². The molecule has 2 rings (SSSR count). The van der Waals surface area contributed by atoms with E-state index >= 15 is 0 Å². The number of nitrogens with one attached hydrogen (secondary N) is 1. The fourth-order valence-electron chi connectivity index (χ4n) is 4.00. The van der Waals surface area contributed by atoms with Crippen LogP contribution in [0, 0.1) is 0 Å². The lowest BCUT2D eigenvalue weighted by Crippen LogP contribution is -2.47. The Kier molecular flexibility index (Phi) is 16.4. The Morgan fingerprint density at radius 3 is 2.55 bits per heavy atom. The molecule has 2 heterocycles. The number of halogens is 1. The predicted octanol–water partition coefficient (Wildman–Crippen LogP) is 4.13. The summed E-state index contributed by atoms with van der Waals surface area (Å²) in [6, 6.07) is 0. The van der Waals surface area contributed by atoms with Crippen molar-refractivity contribution in [3.8, 4) is 0 Å². The van der Waals surface area contributed by atoms with Crippen LogP contribution in [0.4, 0.5) is 0 Å². The normalized spacial score (nSPS) is 20.3. The molecule has 0 aromatic rings. The first-order valence-electron chi connectivity index (χ1n) is 12.1. The first-order valence-corrected chi connectivity index (χ1v) is 12.1. The van der Waals surface area contributed by atoms with Crippen molar-refractivity contribution in [2.24, 2.45) is 4.99 Å². The van der Waals surface area contributed by atoms with Gasteiger partial charge in [-0.1, -0.05) is 12.8 Å². The largest absolute Gasteiger partial charge is 0.466 e. The molecule has 31 heavy (non-hydrogen) atoms. The molecule has 182 valence electrons. The van der Waals surface area contributed by atoms with E-state index in [4.69, 9.17) is 19.2 Å². The van der Waals surface area contributed by atoms with Crippen LogP contribution in [-0.2, 0) is 19.0 Å². The van der Waals surface area contributed by atoms with Crippen molar-refractivity contribution in [1.82, 2.24) is 10.2 Å². The Morgan fingerprint density at radius 1 is 1.10 bits per heavy atom. The van der Waals surface area contributed by atoms with E-state index in [-0.39, 0.29) is 29.9 Å². The molecule has 0 amide bonds. The molecule has 0 spiro atoms. The van der Waals surface area contributed by atoms with Gasteiger partial charge in [-0.05, 0) is 58.8 Å². The van der Waals surface area contributed by atoms with E-state index in [1.165, 1.54) is 12.8 Å². The smallest absolute Gasteiger partial charge is 0.305 e. The van der Waals surface area contributed by atoms with E-state index in [1.807, 2.05) is 6.92 Å². The molecule has 2 fully saturated rings. The van der Waals surface area contributed by atoms with Gasteiger partial charge in [-0.2, -0.15) is 0 Å². The number of unbranched alkanes of at least 4 members (excludes halogenated alkanes) is 3. The molecule has 1 atom stereocenters. The molecule has 8 heteroatoms. The van der Waals surface area contributed by atoms with E-state index in [0.29, 0.717) is 25.2 Å². The monoisotopic (exact) mass is 553 g/mol. The number of guanidine groups is 1. The zero-order valence-electron chi connectivity index (χ0n) is 19.6. The summed E-state index contributed by atoms with van der Waals surface area (Å²) < 4.78 is 16.9. The fraction of sp³-hybridized carbons (Fsp3) is 0.913. The number of likely N-dealkylation sites (tertiary alicyclic amines) is 1. The second kappa shape index (κ2) is 17.9. The van der Waals surface area contributed by atoms with Crippen molar-refractivity contribution in [1.29, 1.82) is 0 Å². The van der Waals surface area contributed by atoms with Gasteiger partial charge in [0.15, 0.2) is 5.96 Å². The summed E-state index contributed by atoms with van der Waals surface area (Å²) in [7, 11) is 0. The number of ether oxygens (including phenoxy) is 3. The number of rotatable bonds is 12. The van der Waals surface area contributed by atoms with E-state index < -0.39 is 0 Å². The van der Waals surface area contributed by atoms with Crippen molar-refractivity contribution in [3.63, 3.8) is 0 Å². The summed E-state index contributed by atoms with van der Waals surface area (Å²) in [5.41, 5.74) is 0. The fourth-order valence-corrected chi connectivity index (χ4v) is 4.00. The SMILES string of the molecule is CCNC(=NCCCCCCC(=O)OCC)N1CCC(OCC2CCCCO2)CC1.I. The molecule has 2 aliphatic rings. The number of nitrogens with zero attached hydrogens (tertiary/aromatic N) is 2. The highest BCUT2D eigenvalue weighted by atomic mass is 127. The Bertz CT molecular complexity index is 493. The molecule has 0 saturated carbocycles. The lowest BCUT2D eigenvalue weighted by atomic mass is 10.1. The van der Waals surface area contributed by atoms with Gasteiger partial charge in [-0.3, -0.25) is 9.79 Å². The Hall–Kier alpha value is -0.610. The lowest BCUT2D eigenvalue weighted by molar-refractivity contribution is -0.143. The van der Waals surface area contributed by atoms with Gasteiger partial charge in [-0.25, -0.2) is 0 Å². The molecular weight excluding hydrogens is 509 g/mol. The maximum Gasteiger partial charge on any atom is 0.305 e. The standard InChI is InChI=1S/C23H43N3O4.HI/c1-3-24-23(25-15-9-6-5-7-12-22(27)28-4-2)26-16-13-20(14-17-26)30-19-21-11-8-10-18-29-21;/h20-21H,3-19H2,1-2H3,(H,24,25);1H. The van der Waals surface area contributed by atoms with E-state index in [9.17, 15) is 4.79 Å². The number of esters is 1. The highest BCUT2D eigenvalue weighted by molar-refractivity contribution is 14.0. The summed E-state index contributed by atoms with van der Waals surface area (Å²) in [5.74, 6) is 0.946. The third-order valence-electron chi connectivity index (χ3n) is 5.72. The second-order valence-electron chi connectivity index (χ2n) is 8.21. The van der Waals surface area contributed by atoms with E-state index in [0.717, 1.165) is 90.3 Å². The number of hydrogen-bond donors (Lipinski definition) is 1. The van der Waals surface area contributed by atoms with E-state index in [2.05, 4.69) is 17.1 Å². The molecule has 0 radical (unpaired) electrons. The first-order chi connectivity index (χ1) is 14.7. The second-order valence-corrected chi connectivity index (χ2v) is 8.21. The maximum absolute atomic E-state index is 11.3. The zero-order chi connectivity index (χ0) is 21.4. The van der Waals surface area contributed by atoms with Crippen LogP contribution in [0.3, 0.4) is 0 Å². The average Bonchev–Trinajstić information content (AvgIpc) is 2.77. The van der Waals surface area contributed by atoms with Crippen LogP contribution < -0.4 is 5.32 Å². The van der Waals surface area contributed by atoms with Gasteiger partial charge in [0, 0.05) is 39.2 Å². The first kappa shape index (κ1) is 28.4. The lowest BCUT2D eigenvalue weighted by Gasteiger charge is -2.35. The molecular formula is C23H44IN3O4. The molecule has 2 saturated heterocycles. The number of carbonyl (C=O) groups excluding carboxylic acids is 1. The van der Waals surface area contributed by atoms with Gasteiger partial charge in [0.1, 0.15) is 0 Å². The van der Waals surface area contributed by atoms with Crippen molar-refractivity contribution in [2.45, 2.75) is 90.3 Å². The van der Waals surface area contributed by atoms with Crippen LogP contribution in [0.15, 0.2) is 4.99 Å². The Labute approximate surface area is 206 Å². The minimum Gasteiger partial charge on any atom is -0.466 e. The molecule has 2 aliphatic heterocycles. The molecule has 1 unspecified atom stereocenters. The Balaban J connectivity index is 0.00000480. The van der Waals surface area contributed by atoms with Crippen LogP contribution in [0.1, 0.15) is 78.1 Å². The molecule has 1 N–H and O–H groups in total. The van der Waals surface area contributed by atoms with Crippen LogP contribution >= 0.6 is 24.0 Å². The average molecular weight is 554 g/mol. The minimum atomic E-state index is -0.0800. The quantitative estimate of drug-likeness (QED) is 0.129. The highest BCUT2D eigenvalue weighted by Gasteiger charge is 2.23. The van der Waals surface area contributed by atoms with Gasteiger partial charge in [0.2, 0.25) is 0 Å². The van der Waals surface area contributed by atoms with Crippen molar-refractivity contribution >= 4 is 35.9 Å². The van der Waals surface area contributed by atoms with Crippen LogP contribution in [-0.4, -0.2) is 75.0 Å². The van der Waals surface area contributed by atoms with E-state index in [1.54, 1.807) is 0 Å². The van der Waals surface area contributed by atoms with Gasteiger partial charge < -0.3 is 24.4 Å². The third-order valence-corrected chi connectivity index (χ3v) is 5.72. The van der Waals surface area contributed by atoms with Crippen molar-refractivity contribution in [2.75, 3.05) is 46.0 Å². The molecule has 7 nitrogen and oxygen atoms in total. The van der Waals surface area contributed by atoms with Gasteiger partial charge in [0.05, 0.1) is 25.4 Å². The topological polar surface area (TPSA) is 72.4 Å². The summed E-state index contributed by atoms with van der Waals surface area (Å²) in [6.07, 6.45) is 11.0. The molecule has 0 bridgehead atoms. The van der Waals surface area contributed by atoms with Crippen molar-refractivity contribution < 1.29 is 19.0 Å². The number of hydrogen-bond acceptors (Lipinski definition) is 5. The number of piperidine rings is 1. The maximum atomic E-state index is 11.3. The third kappa shape index (κ3) is 12.3. The minimum absolute atomic E-state index is 0. The highest BCUT2D eigenvalue weighted by Crippen LogP contribution is 2.18. The number of aliphatic imine (C=N–C) groups is 1. The van der Waals surface area contributed by atoms with Crippen LogP contribution in [0.2, 0.25) is 0 Å². The summed E-state index contributed by atoms with van der Waals surface area (Å²) >= 11 is 0. The predicted molar refractivity (Wildman–Crippen MR) is 135 cm³/mol. The molecule has 0 aliphatic carbocycles. The molecule has 0 aromatic heterocycles. The Morgan fingerprint density at radius 2 is 1.87 bits per heavy atom. The van der Waals surface area contributed by atoms with Gasteiger partial charge in [-0.15, -0.1) is 24.0 Å². The molecule has 0 aromatic carbocycles. The zero-order valence-corrected chi connectivity index (χ0v) is 21.9. The van der Waals surface area contributed by atoms with Gasteiger partial charge in [0.25, 0.3) is 0 Å².